The van der Waals surface area contributed by atoms with E-state index in [0.29, 0.717) is 0 Å². The van der Waals surface area contributed by atoms with Gasteiger partial charge in [-0.25, -0.2) is 4.31 Å². The van der Waals surface area contributed by atoms with Crippen LogP contribution in [0.2, 0.25) is 0 Å². The van der Waals surface area contributed by atoms with Gasteiger partial charge in [-0.1, -0.05) is 0 Å². The zero-order valence-electron chi connectivity index (χ0n) is 14.8. The zero-order chi connectivity index (χ0) is 27.4. The molecule has 0 bridgehead atoms. The smallest absolute Gasteiger partial charge is 0.460 e. The van der Waals surface area contributed by atoms with Crippen molar-refractivity contribution in [2.45, 2.75) is 53.7 Å². The average Bonchev–Trinajstić information content (AvgIpc) is 2.59. The summed E-state index contributed by atoms with van der Waals surface area (Å²) < 4.78 is 242. The highest BCUT2D eigenvalue weighted by atomic mass is 32.2. The molecule has 0 aliphatic rings. The van der Waals surface area contributed by atoms with Crippen molar-refractivity contribution in [3.8, 4) is 0 Å². The first-order chi connectivity index (χ1) is 14.0. The van der Waals surface area contributed by atoms with Crippen LogP contribution in [0.3, 0.4) is 0 Å². The summed E-state index contributed by atoms with van der Waals surface area (Å²) in [5.74, 6) is -58.2. The molecule has 22 heteroatoms. The maximum Gasteiger partial charge on any atom is 0.460 e. The monoisotopic (exact) mass is 556 g/mol. The molecule has 0 spiro atoms. The molecular weight excluding hydrogens is 549 g/mol. The molecule has 200 valence electrons. The number of nitrogens with zero attached hydrogens (tertiary/aromatic N) is 1. The van der Waals surface area contributed by atoms with Gasteiger partial charge < -0.3 is 9.66 Å². The van der Waals surface area contributed by atoms with E-state index in [-0.39, 0.29) is 7.05 Å². The SMILES string of the molecule is CN(CC(O)C(F)(F)C(F)(F)C(F)(F)C(F)(F)C(F)(F)C(F)(F)C(F)(F)C(F)(F)F)S(=O)[O-]. The van der Waals surface area contributed by atoms with Crippen molar-refractivity contribution >= 4 is 11.3 Å². The topological polar surface area (TPSA) is 63.6 Å². The molecule has 0 radical (unpaired) electrons. The lowest BCUT2D eigenvalue weighted by atomic mass is 9.87. The van der Waals surface area contributed by atoms with E-state index in [4.69, 9.17) is 5.11 Å². The average molecular weight is 556 g/mol. The fraction of sp³-hybridized carbons (Fsp3) is 1.00. The number of hydrogen-bond donors (Lipinski definition) is 1. The van der Waals surface area contributed by atoms with Gasteiger partial charge in [0, 0.05) is 17.8 Å². The molecule has 0 rings (SSSR count). The molecule has 0 saturated carbocycles. The summed E-state index contributed by atoms with van der Waals surface area (Å²) in [7, 11) is 0.182. The molecule has 0 aliphatic carbocycles. The van der Waals surface area contributed by atoms with E-state index in [0.717, 1.165) is 0 Å². The second-order valence-electron chi connectivity index (χ2n) is 6.11. The highest BCUT2D eigenvalue weighted by Gasteiger charge is 2.95. The number of aliphatic hydroxyl groups excluding tert-OH is 1. The molecule has 33 heavy (non-hydrogen) atoms. The second-order valence-corrected chi connectivity index (χ2v) is 7.17. The molecule has 0 aromatic carbocycles. The third-order valence-electron chi connectivity index (χ3n) is 3.85. The molecule has 0 heterocycles. The number of alkyl halides is 17. The van der Waals surface area contributed by atoms with Gasteiger partial charge in [-0.15, -0.1) is 0 Å². The minimum Gasteiger partial charge on any atom is -0.760 e. The summed E-state index contributed by atoms with van der Waals surface area (Å²) in [6, 6.07) is 0. The van der Waals surface area contributed by atoms with Crippen LogP contribution in [0, 0.1) is 0 Å². The minimum atomic E-state index is -8.78. The van der Waals surface area contributed by atoms with Gasteiger partial charge in [0.15, 0.2) is 0 Å². The molecule has 0 saturated heterocycles. The summed E-state index contributed by atoms with van der Waals surface area (Å²) >= 11 is -3.67. The van der Waals surface area contributed by atoms with Crippen molar-refractivity contribution in [3.05, 3.63) is 0 Å². The Hall–Kier alpha value is -1.16. The Kier molecular flexibility index (Phi) is 8.20. The Morgan fingerprint density at radius 2 is 0.939 bits per heavy atom. The normalized spacial score (nSPS) is 18.0. The first-order valence-corrected chi connectivity index (χ1v) is 8.23. The molecular formula is C11H7F17NO3S-. The van der Waals surface area contributed by atoms with Crippen LogP contribution < -0.4 is 0 Å². The van der Waals surface area contributed by atoms with Crippen LogP contribution in [-0.4, -0.2) is 85.5 Å². The summed E-state index contributed by atoms with van der Waals surface area (Å²) in [4.78, 5) is 0. The van der Waals surface area contributed by atoms with Gasteiger partial charge in [-0.3, -0.25) is 4.21 Å². The fourth-order valence-electron chi connectivity index (χ4n) is 1.80. The van der Waals surface area contributed by atoms with Gasteiger partial charge in [-0.05, 0) is 7.05 Å². The Morgan fingerprint density at radius 1 is 0.667 bits per heavy atom. The number of hydrogen-bond acceptors (Lipinski definition) is 3. The molecule has 0 aliphatic heterocycles. The van der Waals surface area contributed by atoms with Crippen molar-refractivity contribution in [1.29, 1.82) is 0 Å². The maximum absolute atomic E-state index is 13.6. The highest BCUT2D eigenvalue weighted by molar-refractivity contribution is 7.76. The third-order valence-corrected chi connectivity index (χ3v) is 4.51. The molecule has 2 atom stereocenters. The second kappa shape index (κ2) is 8.50. The predicted octanol–water partition coefficient (Wildman–Crippen LogP) is 4.08. The number of rotatable bonds is 10. The van der Waals surface area contributed by atoms with Gasteiger partial charge in [0.1, 0.15) is 6.10 Å². The Balaban J connectivity index is 6.67. The van der Waals surface area contributed by atoms with Crippen molar-refractivity contribution in [2.24, 2.45) is 0 Å². The van der Waals surface area contributed by atoms with Crippen LogP contribution in [0.5, 0.6) is 0 Å². The summed E-state index contributed by atoms with van der Waals surface area (Å²) in [5.41, 5.74) is 0. The van der Waals surface area contributed by atoms with E-state index in [1.807, 2.05) is 0 Å². The Bertz CT molecular complexity index is 736. The highest BCUT2D eigenvalue weighted by Crippen LogP contribution is 2.64. The summed E-state index contributed by atoms with van der Waals surface area (Å²) in [5, 5.41) is 8.83. The molecule has 1 N–H and O–H groups in total. The molecule has 0 aromatic heterocycles. The van der Waals surface area contributed by atoms with Gasteiger partial charge in [0.25, 0.3) is 0 Å². The van der Waals surface area contributed by atoms with Crippen molar-refractivity contribution in [2.75, 3.05) is 13.6 Å². The van der Waals surface area contributed by atoms with Crippen LogP contribution in [0.25, 0.3) is 0 Å². The number of aliphatic hydroxyl groups is 1. The van der Waals surface area contributed by atoms with E-state index in [9.17, 15) is 83.4 Å². The quantitative estimate of drug-likeness (QED) is 0.326. The first-order valence-electron chi connectivity index (χ1n) is 7.20. The number of likely N-dealkylation sites (N-methyl/N-ethyl adjacent to an activating group) is 1. The molecule has 4 nitrogen and oxygen atoms in total. The maximum atomic E-state index is 13.6. The standard InChI is InChI=1S/C11H8F17NO3S/c1-29(33(31)32)2-3(30)4(12,13)5(14,15)6(16,17)7(18,19)8(20,21)9(22,23)10(24,25)11(26,27)28/h3,30H,2H2,1H3,(H,31,32)/p-1. The largest absolute Gasteiger partial charge is 0.760 e. The van der Waals surface area contributed by atoms with Crippen LogP contribution in [0.15, 0.2) is 0 Å². The van der Waals surface area contributed by atoms with E-state index in [1.54, 1.807) is 0 Å². The molecule has 2 unspecified atom stereocenters. The molecule has 0 fully saturated rings. The van der Waals surface area contributed by atoms with Gasteiger partial charge in [0.2, 0.25) is 0 Å². The van der Waals surface area contributed by atoms with Crippen LogP contribution >= 0.6 is 0 Å². The van der Waals surface area contributed by atoms with E-state index in [1.165, 1.54) is 0 Å². The van der Waals surface area contributed by atoms with Crippen LogP contribution in [0.1, 0.15) is 0 Å². The van der Waals surface area contributed by atoms with Gasteiger partial charge in [0.05, 0.1) is 0 Å². The number of halogens is 17. The zero-order valence-corrected chi connectivity index (χ0v) is 15.6. The minimum absolute atomic E-state index is 0.182. The first kappa shape index (κ1) is 31.8. The molecule has 0 aromatic rings. The van der Waals surface area contributed by atoms with Crippen LogP contribution in [-0.2, 0) is 11.3 Å². The van der Waals surface area contributed by atoms with Crippen molar-refractivity contribution in [3.63, 3.8) is 0 Å². The molecule has 0 amide bonds. The lowest BCUT2D eigenvalue weighted by Crippen LogP contribution is -2.75. The van der Waals surface area contributed by atoms with Crippen molar-refractivity contribution in [1.82, 2.24) is 4.31 Å². The van der Waals surface area contributed by atoms with E-state index >= 15 is 0 Å². The third kappa shape index (κ3) is 4.46. The van der Waals surface area contributed by atoms with Crippen molar-refractivity contribution < 1.29 is 88.5 Å². The summed E-state index contributed by atoms with van der Waals surface area (Å²) in [6.07, 6.45) is -12.3. The van der Waals surface area contributed by atoms with Crippen LogP contribution in [0.4, 0.5) is 74.6 Å². The fourth-order valence-corrected chi connectivity index (χ4v) is 2.07. The predicted molar refractivity (Wildman–Crippen MR) is 68.2 cm³/mol. The lowest BCUT2D eigenvalue weighted by molar-refractivity contribution is -0.464. The van der Waals surface area contributed by atoms with Gasteiger partial charge in [-0.2, -0.15) is 74.6 Å². The van der Waals surface area contributed by atoms with Gasteiger partial charge >= 0.3 is 47.6 Å². The van der Waals surface area contributed by atoms with E-state index < -0.39 is 75.9 Å². The Labute approximate surface area is 172 Å². The van der Waals surface area contributed by atoms with E-state index in [2.05, 4.69) is 0 Å². The lowest BCUT2D eigenvalue weighted by Gasteiger charge is -2.43. The Morgan fingerprint density at radius 3 is 1.21 bits per heavy atom. The summed E-state index contributed by atoms with van der Waals surface area (Å²) in [6.45, 7) is -2.33.